The second kappa shape index (κ2) is 9.47. The number of fused-ring (bicyclic) bond motifs is 4. The number of rotatable bonds is 5. The van der Waals surface area contributed by atoms with Crippen molar-refractivity contribution < 1.29 is 23.1 Å². The fourth-order valence-electron chi connectivity index (χ4n) is 5.76. The highest BCUT2D eigenvalue weighted by atomic mass is 19.2. The summed E-state index contributed by atoms with van der Waals surface area (Å²) in [7, 11) is 6.70. The monoisotopic (exact) mass is 565 g/mol. The molecule has 6 rings (SSSR count). The molecule has 5 aromatic rings. The summed E-state index contributed by atoms with van der Waals surface area (Å²) in [5.41, 5.74) is 1.18. The summed E-state index contributed by atoms with van der Waals surface area (Å²) in [6, 6.07) is 2.08. The van der Waals surface area contributed by atoms with Crippen LogP contribution in [0.2, 0.25) is 0 Å². The van der Waals surface area contributed by atoms with E-state index in [2.05, 4.69) is 20.3 Å². The van der Waals surface area contributed by atoms with E-state index in [4.69, 9.17) is 0 Å². The fourth-order valence-corrected chi connectivity index (χ4v) is 5.76. The molecule has 0 saturated carbocycles. The molecule has 1 aliphatic heterocycles. The van der Waals surface area contributed by atoms with Crippen LogP contribution in [-0.4, -0.2) is 81.9 Å². The van der Waals surface area contributed by atoms with Gasteiger partial charge in [-0.1, -0.05) is 0 Å². The average Bonchev–Trinajstić information content (AvgIpc) is 3.52. The van der Waals surface area contributed by atoms with Gasteiger partial charge in [-0.3, -0.25) is 4.79 Å². The van der Waals surface area contributed by atoms with Gasteiger partial charge in [-0.25, -0.2) is 27.9 Å². The number of aromatic amines is 1. The van der Waals surface area contributed by atoms with E-state index in [0.717, 1.165) is 6.07 Å². The smallest absolute Gasteiger partial charge is 0.341 e. The number of hydrogen-bond acceptors (Lipinski definition) is 7. The number of alkyl halides is 1. The van der Waals surface area contributed by atoms with Crippen molar-refractivity contribution in [2.45, 2.75) is 12.2 Å². The second-order valence-corrected chi connectivity index (χ2v) is 10.4. The number of aromatic nitrogens is 4. The van der Waals surface area contributed by atoms with Crippen LogP contribution in [0, 0.1) is 11.6 Å². The number of aryl methyl sites for hydroxylation is 1. The number of likely N-dealkylation sites (N-methyl/N-ethyl adjacent to an activating group) is 1. The molecule has 1 aromatic carbocycles. The Morgan fingerprint density at radius 3 is 2.59 bits per heavy atom. The predicted molar refractivity (Wildman–Crippen MR) is 151 cm³/mol. The first-order valence-corrected chi connectivity index (χ1v) is 12.8. The Morgan fingerprint density at radius 1 is 1.17 bits per heavy atom. The zero-order chi connectivity index (χ0) is 29.3. The normalized spacial score (nSPS) is 17.4. The first-order chi connectivity index (χ1) is 19.5. The van der Waals surface area contributed by atoms with Crippen molar-refractivity contribution in [3.63, 3.8) is 0 Å². The van der Waals surface area contributed by atoms with Crippen LogP contribution < -0.4 is 15.6 Å². The Labute approximate surface area is 231 Å². The quantitative estimate of drug-likeness (QED) is 0.295. The number of halogens is 3. The molecule has 13 heteroatoms. The van der Waals surface area contributed by atoms with Gasteiger partial charge in [-0.15, -0.1) is 0 Å². The Morgan fingerprint density at radius 2 is 1.93 bits per heavy atom. The van der Waals surface area contributed by atoms with Gasteiger partial charge in [0.15, 0.2) is 11.6 Å². The Bertz CT molecular complexity index is 1950. The molecule has 0 unspecified atom stereocenters. The summed E-state index contributed by atoms with van der Waals surface area (Å²) < 4.78 is 47.0. The number of carboxylic acids is 1. The second-order valence-electron chi connectivity index (χ2n) is 10.4. The highest BCUT2D eigenvalue weighted by Gasteiger charge is 2.37. The first kappa shape index (κ1) is 26.6. The molecule has 3 N–H and O–H groups in total. The van der Waals surface area contributed by atoms with Crippen LogP contribution >= 0.6 is 0 Å². The van der Waals surface area contributed by atoms with Crippen molar-refractivity contribution in [1.82, 2.24) is 24.4 Å². The van der Waals surface area contributed by atoms with Gasteiger partial charge in [0.05, 0.1) is 45.6 Å². The third kappa shape index (κ3) is 3.98. The SMILES string of the molecule is CNc1cc(F)c(F)c2c1[nH]c1ncc(-c3cnc4c(c3)c(=O)c(C(=O)O)cn4C)c(N3C[C@H](F)[C@@H](N(C)C)C3)c12. The molecule has 41 heavy (non-hydrogen) atoms. The Kier molecular flexibility index (Phi) is 6.14. The lowest BCUT2D eigenvalue weighted by molar-refractivity contribution is 0.0695. The summed E-state index contributed by atoms with van der Waals surface area (Å²) in [5.74, 6) is -3.52. The van der Waals surface area contributed by atoms with Crippen LogP contribution in [0.3, 0.4) is 0 Å². The molecule has 1 saturated heterocycles. The molecule has 0 radical (unpaired) electrons. The van der Waals surface area contributed by atoms with Crippen LogP contribution in [-0.2, 0) is 7.05 Å². The summed E-state index contributed by atoms with van der Waals surface area (Å²) in [6.45, 7) is 0.220. The van der Waals surface area contributed by atoms with Gasteiger partial charge >= 0.3 is 5.97 Å². The number of carboxylic acid groups (broad SMARTS) is 1. The van der Waals surface area contributed by atoms with E-state index in [1.54, 1.807) is 38.0 Å². The molecule has 0 bridgehead atoms. The van der Waals surface area contributed by atoms with Crippen molar-refractivity contribution in [2.75, 3.05) is 44.4 Å². The number of nitrogens with one attached hydrogen (secondary N) is 2. The molecule has 1 aliphatic rings. The van der Waals surface area contributed by atoms with E-state index in [1.165, 1.54) is 29.2 Å². The predicted octanol–water partition coefficient (Wildman–Crippen LogP) is 3.74. The summed E-state index contributed by atoms with van der Waals surface area (Å²) >= 11 is 0. The van der Waals surface area contributed by atoms with Crippen LogP contribution in [0.1, 0.15) is 10.4 Å². The number of aromatic carboxylic acids is 1. The fraction of sp³-hybridized carbons (Fsp3) is 0.286. The molecular weight excluding hydrogens is 539 g/mol. The molecule has 1 fully saturated rings. The van der Waals surface area contributed by atoms with E-state index in [-0.39, 0.29) is 40.5 Å². The van der Waals surface area contributed by atoms with Crippen LogP contribution in [0.5, 0.6) is 0 Å². The summed E-state index contributed by atoms with van der Waals surface area (Å²) in [6.07, 6.45) is 2.96. The maximum Gasteiger partial charge on any atom is 0.341 e. The third-order valence-electron chi connectivity index (χ3n) is 7.79. The van der Waals surface area contributed by atoms with E-state index in [9.17, 15) is 19.1 Å². The van der Waals surface area contributed by atoms with Gasteiger partial charge in [0, 0.05) is 56.4 Å². The molecule has 0 amide bonds. The van der Waals surface area contributed by atoms with E-state index < -0.39 is 40.8 Å². The van der Waals surface area contributed by atoms with Crippen molar-refractivity contribution in [3.8, 4) is 11.1 Å². The average molecular weight is 566 g/mol. The topological polar surface area (TPSA) is 119 Å². The van der Waals surface area contributed by atoms with Crippen molar-refractivity contribution >= 4 is 50.3 Å². The molecule has 212 valence electrons. The minimum absolute atomic E-state index is 0.0244. The molecular formula is C28H26F3N7O3. The molecule has 2 atom stereocenters. The minimum Gasteiger partial charge on any atom is -0.477 e. The summed E-state index contributed by atoms with van der Waals surface area (Å²) in [4.78, 5) is 40.3. The molecule has 4 aromatic heterocycles. The van der Waals surface area contributed by atoms with E-state index >= 15 is 8.78 Å². The lowest BCUT2D eigenvalue weighted by Crippen LogP contribution is -2.36. The zero-order valence-electron chi connectivity index (χ0n) is 22.6. The largest absolute Gasteiger partial charge is 0.477 e. The van der Waals surface area contributed by atoms with Crippen molar-refractivity contribution in [3.05, 3.63) is 58.1 Å². The highest BCUT2D eigenvalue weighted by Crippen LogP contribution is 2.44. The van der Waals surface area contributed by atoms with Crippen molar-refractivity contribution in [2.24, 2.45) is 7.05 Å². The number of benzene rings is 1. The number of carbonyl (C=O) groups is 1. The number of hydrogen-bond donors (Lipinski definition) is 3. The highest BCUT2D eigenvalue weighted by molar-refractivity contribution is 6.18. The standard InChI is InChI=1S/C28H26F3N7O3/c1-32-18-6-16(29)22(31)20-21-24(38-10-17(30)19(11-38)36(2)3)14(8-33-26(21)35-23(18)20)12-5-13-25(39)15(28(40)41)9-37(4)27(13)34-7-12/h5-9,17,19,32H,10-11H2,1-4H3,(H,33,35)(H,40,41)/t17-,19-/m0/s1. The number of pyridine rings is 3. The molecule has 10 nitrogen and oxygen atoms in total. The van der Waals surface area contributed by atoms with Crippen LogP contribution in [0.4, 0.5) is 24.5 Å². The first-order valence-electron chi connectivity index (χ1n) is 12.8. The number of anilines is 2. The third-order valence-corrected chi connectivity index (χ3v) is 7.79. The summed E-state index contributed by atoms with van der Waals surface area (Å²) in [5, 5.41) is 12.7. The number of H-pyrrole nitrogens is 1. The zero-order valence-corrected chi connectivity index (χ0v) is 22.6. The molecule has 0 aliphatic carbocycles. The van der Waals surface area contributed by atoms with E-state index in [1.807, 2.05) is 0 Å². The van der Waals surface area contributed by atoms with Gasteiger partial charge in [0.2, 0.25) is 5.43 Å². The Hall–Kier alpha value is -4.65. The van der Waals surface area contributed by atoms with Crippen LogP contribution in [0.25, 0.3) is 44.1 Å². The lowest BCUT2D eigenvalue weighted by atomic mass is 10.0. The molecule has 0 spiro atoms. The lowest BCUT2D eigenvalue weighted by Gasteiger charge is -2.24. The maximum atomic E-state index is 15.5. The maximum absolute atomic E-state index is 15.5. The van der Waals surface area contributed by atoms with Gasteiger partial charge in [-0.2, -0.15) is 0 Å². The van der Waals surface area contributed by atoms with Gasteiger partial charge < -0.3 is 29.8 Å². The molecule has 5 heterocycles. The Balaban J connectivity index is 1.71. The van der Waals surface area contributed by atoms with Gasteiger partial charge in [-0.05, 0) is 20.2 Å². The van der Waals surface area contributed by atoms with E-state index in [0.29, 0.717) is 28.0 Å². The van der Waals surface area contributed by atoms with Crippen molar-refractivity contribution in [1.29, 1.82) is 0 Å². The van der Waals surface area contributed by atoms with Gasteiger partial charge in [0.1, 0.15) is 23.0 Å². The van der Waals surface area contributed by atoms with Gasteiger partial charge in [0.25, 0.3) is 0 Å². The number of nitrogens with zero attached hydrogens (tertiary/aromatic N) is 5. The van der Waals surface area contributed by atoms with Crippen LogP contribution in [0.15, 0.2) is 35.5 Å². The minimum atomic E-state index is -1.38.